The van der Waals surface area contributed by atoms with Crippen molar-refractivity contribution in [2.24, 2.45) is 0 Å². The lowest BCUT2D eigenvalue weighted by atomic mass is 9.92. The Hall–Kier alpha value is -3.43. The molecule has 4 rings (SSSR count). The molecule has 0 amide bonds. The molecule has 1 unspecified atom stereocenters. The topological polar surface area (TPSA) is 60.9 Å². The monoisotopic (exact) mass is 514 g/mol. The lowest BCUT2D eigenvalue weighted by Crippen LogP contribution is -2.57. The summed E-state index contributed by atoms with van der Waals surface area (Å²) in [6, 6.07) is 8.57. The third-order valence-corrected chi connectivity index (χ3v) is 6.58. The molecule has 0 spiro atoms. The van der Waals surface area contributed by atoms with Gasteiger partial charge >= 0.3 is 5.97 Å². The van der Waals surface area contributed by atoms with Crippen molar-refractivity contribution in [1.29, 1.82) is 0 Å². The molecule has 0 radical (unpaired) electrons. The first-order valence-electron chi connectivity index (χ1n) is 12.0. The van der Waals surface area contributed by atoms with Gasteiger partial charge in [-0.05, 0) is 61.2 Å². The summed E-state index contributed by atoms with van der Waals surface area (Å²) in [4.78, 5) is 19.0. The molecule has 1 aromatic heterocycles. The molecule has 1 atom stereocenters. The minimum atomic E-state index is -1.22. The Labute approximate surface area is 213 Å². The maximum atomic E-state index is 14.7. The normalized spacial score (nSPS) is 18.4. The highest BCUT2D eigenvalue weighted by atomic mass is 19.1. The van der Waals surface area contributed by atoms with Gasteiger partial charge in [0.25, 0.3) is 0 Å². The zero-order chi connectivity index (χ0) is 26.4. The van der Waals surface area contributed by atoms with Gasteiger partial charge in [0.1, 0.15) is 23.2 Å². The molecule has 1 aliphatic rings. The Kier molecular flexibility index (Phi) is 8.45. The molecule has 3 aromatic rings. The number of carbonyl (C=O) groups excluding carboxylic acids is 1. The zero-order valence-corrected chi connectivity index (χ0v) is 20.8. The van der Waals surface area contributed by atoms with Crippen LogP contribution in [0.2, 0.25) is 0 Å². The largest absolute Gasteiger partial charge is 0.497 e. The minimum absolute atomic E-state index is 0.149. The van der Waals surface area contributed by atoms with E-state index in [2.05, 4.69) is 4.98 Å². The molecule has 1 aliphatic heterocycles. The van der Waals surface area contributed by atoms with E-state index in [1.165, 1.54) is 19.4 Å². The molecule has 2 heterocycles. The Morgan fingerprint density at radius 1 is 1.16 bits per heavy atom. The standard InChI is InChI=1S/C28H29F3N2O4/c1-35-21-8-10-26-23(16-21)22(25(31)17-32-26)6-3-11-28(27(34)36-2)18-33(13-14-37-28)12-4-5-19-15-20(29)7-9-24(19)30/h4-5,7-10,15-17H,3,6,11-14,18H2,1-2H3/b5-4+. The lowest BCUT2D eigenvalue weighted by Gasteiger charge is -2.40. The Bertz CT molecular complexity index is 1300. The third-order valence-electron chi connectivity index (χ3n) is 6.58. The molecule has 0 N–H and O–H groups in total. The molecule has 2 aromatic carbocycles. The van der Waals surface area contributed by atoms with E-state index in [1.807, 2.05) is 4.90 Å². The van der Waals surface area contributed by atoms with Gasteiger partial charge in [0.05, 0.1) is 32.5 Å². The average molecular weight is 515 g/mol. The lowest BCUT2D eigenvalue weighted by molar-refractivity contribution is -0.182. The Balaban J connectivity index is 1.46. The molecule has 6 nitrogen and oxygen atoms in total. The number of fused-ring (bicyclic) bond motifs is 1. The number of benzene rings is 2. The highest BCUT2D eigenvalue weighted by molar-refractivity contribution is 5.84. The van der Waals surface area contributed by atoms with Crippen LogP contribution in [0.1, 0.15) is 24.0 Å². The van der Waals surface area contributed by atoms with Gasteiger partial charge in [0.2, 0.25) is 0 Å². The van der Waals surface area contributed by atoms with E-state index in [1.54, 1.807) is 31.4 Å². The van der Waals surface area contributed by atoms with Crippen LogP contribution in [0.25, 0.3) is 17.0 Å². The molecule has 196 valence electrons. The number of halogens is 3. The van der Waals surface area contributed by atoms with Gasteiger partial charge in [-0.3, -0.25) is 9.88 Å². The second kappa shape index (κ2) is 11.7. The first-order chi connectivity index (χ1) is 17.8. The average Bonchev–Trinajstić information content (AvgIpc) is 2.91. The fraction of sp³-hybridized carbons (Fsp3) is 0.357. The quantitative estimate of drug-likeness (QED) is 0.377. The summed E-state index contributed by atoms with van der Waals surface area (Å²) < 4.78 is 58.4. The van der Waals surface area contributed by atoms with Crippen LogP contribution in [-0.4, -0.2) is 61.9 Å². The fourth-order valence-electron chi connectivity index (χ4n) is 4.68. The number of pyridine rings is 1. The molecule has 9 heteroatoms. The smallest absolute Gasteiger partial charge is 0.339 e. The van der Waals surface area contributed by atoms with Gasteiger partial charge in [-0.2, -0.15) is 0 Å². The van der Waals surface area contributed by atoms with E-state index < -0.39 is 29.0 Å². The Morgan fingerprint density at radius 2 is 2.00 bits per heavy atom. The molecule has 0 saturated carbocycles. The summed E-state index contributed by atoms with van der Waals surface area (Å²) in [6.45, 7) is 1.50. The molecular formula is C28H29F3N2O4. The van der Waals surface area contributed by atoms with Gasteiger partial charge in [-0.1, -0.05) is 12.2 Å². The maximum absolute atomic E-state index is 14.7. The fourth-order valence-corrected chi connectivity index (χ4v) is 4.68. The number of aromatic nitrogens is 1. The van der Waals surface area contributed by atoms with Crippen molar-refractivity contribution < 1.29 is 32.2 Å². The van der Waals surface area contributed by atoms with Crippen molar-refractivity contribution in [3.05, 3.63) is 77.2 Å². The van der Waals surface area contributed by atoms with Crippen LogP contribution in [0.3, 0.4) is 0 Å². The van der Waals surface area contributed by atoms with E-state index in [9.17, 15) is 18.0 Å². The summed E-state index contributed by atoms with van der Waals surface area (Å²) >= 11 is 0. The zero-order valence-electron chi connectivity index (χ0n) is 20.8. The number of esters is 1. The summed E-state index contributed by atoms with van der Waals surface area (Å²) in [5.74, 6) is -1.36. The van der Waals surface area contributed by atoms with E-state index in [4.69, 9.17) is 14.2 Å². The van der Waals surface area contributed by atoms with E-state index in [0.29, 0.717) is 61.2 Å². The summed E-state index contributed by atoms with van der Waals surface area (Å²) in [7, 11) is 2.85. The number of ether oxygens (including phenoxy) is 3. The molecule has 0 aliphatic carbocycles. The first kappa shape index (κ1) is 26.6. The van der Waals surface area contributed by atoms with Crippen molar-refractivity contribution in [1.82, 2.24) is 9.88 Å². The second-order valence-corrected chi connectivity index (χ2v) is 8.96. The number of methoxy groups -OCH3 is 2. The van der Waals surface area contributed by atoms with Crippen molar-refractivity contribution >= 4 is 22.9 Å². The molecule has 37 heavy (non-hydrogen) atoms. The van der Waals surface area contributed by atoms with Crippen molar-refractivity contribution in [2.75, 3.05) is 40.5 Å². The Morgan fingerprint density at radius 3 is 2.78 bits per heavy atom. The van der Waals surface area contributed by atoms with Crippen molar-refractivity contribution in [2.45, 2.75) is 24.9 Å². The highest BCUT2D eigenvalue weighted by Gasteiger charge is 2.44. The number of carbonyl (C=O) groups is 1. The van der Waals surface area contributed by atoms with E-state index in [-0.39, 0.29) is 12.1 Å². The van der Waals surface area contributed by atoms with Crippen LogP contribution in [0.5, 0.6) is 5.75 Å². The predicted molar refractivity (Wildman–Crippen MR) is 134 cm³/mol. The van der Waals surface area contributed by atoms with Crippen LogP contribution in [0, 0.1) is 17.5 Å². The van der Waals surface area contributed by atoms with Crippen LogP contribution < -0.4 is 4.74 Å². The van der Waals surface area contributed by atoms with Gasteiger partial charge in [0.15, 0.2) is 5.60 Å². The van der Waals surface area contributed by atoms with E-state index in [0.717, 1.165) is 18.2 Å². The number of morpholine rings is 1. The van der Waals surface area contributed by atoms with E-state index >= 15 is 0 Å². The SMILES string of the molecule is COC(=O)C1(CCCc2c(F)cnc3ccc(OC)cc23)CN(C/C=C/c2cc(F)ccc2F)CCO1. The second-order valence-electron chi connectivity index (χ2n) is 8.96. The third kappa shape index (κ3) is 6.11. The molecular weight excluding hydrogens is 485 g/mol. The minimum Gasteiger partial charge on any atom is -0.497 e. The predicted octanol–water partition coefficient (Wildman–Crippen LogP) is 4.94. The van der Waals surface area contributed by atoms with Crippen LogP contribution in [0.15, 0.2) is 48.7 Å². The maximum Gasteiger partial charge on any atom is 0.339 e. The summed E-state index contributed by atoms with van der Waals surface area (Å²) in [5.41, 5.74) is 0.0796. The van der Waals surface area contributed by atoms with Crippen LogP contribution >= 0.6 is 0 Å². The molecule has 0 bridgehead atoms. The van der Waals surface area contributed by atoms with Gasteiger partial charge in [0, 0.05) is 30.6 Å². The summed E-state index contributed by atoms with van der Waals surface area (Å²) in [5, 5.41) is 0.660. The number of rotatable bonds is 9. The highest BCUT2D eigenvalue weighted by Crippen LogP contribution is 2.30. The molecule has 1 fully saturated rings. The first-order valence-corrected chi connectivity index (χ1v) is 12.0. The van der Waals surface area contributed by atoms with Crippen LogP contribution in [0.4, 0.5) is 13.2 Å². The van der Waals surface area contributed by atoms with Crippen molar-refractivity contribution in [3.63, 3.8) is 0 Å². The number of hydrogen-bond acceptors (Lipinski definition) is 6. The number of nitrogens with zero attached hydrogens (tertiary/aromatic N) is 2. The van der Waals surface area contributed by atoms with Crippen molar-refractivity contribution in [3.8, 4) is 5.75 Å². The van der Waals surface area contributed by atoms with Crippen LogP contribution in [-0.2, 0) is 20.7 Å². The van der Waals surface area contributed by atoms with Gasteiger partial charge in [-0.25, -0.2) is 18.0 Å². The van der Waals surface area contributed by atoms with Gasteiger partial charge in [-0.15, -0.1) is 0 Å². The van der Waals surface area contributed by atoms with Gasteiger partial charge < -0.3 is 14.2 Å². The number of aryl methyl sites for hydroxylation is 1. The number of hydrogen-bond donors (Lipinski definition) is 0. The summed E-state index contributed by atoms with van der Waals surface area (Å²) in [6.07, 6.45) is 5.56. The molecule has 1 saturated heterocycles.